The third-order valence-corrected chi connectivity index (χ3v) is 11.8. The molecule has 0 saturated carbocycles. The second-order valence-electron chi connectivity index (χ2n) is 15.3. The van der Waals surface area contributed by atoms with Crippen molar-refractivity contribution in [3.05, 3.63) is 243 Å². The molecule has 1 heterocycles. The fourth-order valence-electron chi connectivity index (χ4n) is 9.04. The molecule has 11 rings (SSSR count). The number of rotatable bonds is 8. The molecule has 0 N–H and O–H groups in total. The highest BCUT2D eigenvalue weighted by molar-refractivity contribution is 6.10. The van der Waals surface area contributed by atoms with Crippen LogP contribution in [0.4, 0.5) is 17.1 Å². The van der Waals surface area contributed by atoms with Crippen molar-refractivity contribution in [2.75, 3.05) is 4.90 Å². The molecule has 0 fully saturated rings. The Kier molecular flexibility index (Phi) is 8.87. The first-order valence-electron chi connectivity index (χ1n) is 20.6. The topological polar surface area (TPSA) is 8.17 Å². The zero-order chi connectivity index (χ0) is 39.8. The van der Waals surface area contributed by atoms with E-state index in [1.165, 1.54) is 82.8 Å². The molecule has 282 valence electrons. The van der Waals surface area contributed by atoms with Gasteiger partial charge in [0.05, 0.1) is 28.1 Å². The van der Waals surface area contributed by atoms with Gasteiger partial charge in [0, 0.05) is 33.2 Å². The van der Waals surface area contributed by atoms with Crippen LogP contribution in [-0.4, -0.2) is 4.57 Å². The summed E-state index contributed by atoms with van der Waals surface area (Å²) in [5.41, 5.74) is 16.4. The maximum atomic E-state index is 2.43. The van der Waals surface area contributed by atoms with Gasteiger partial charge < -0.3 is 9.47 Å². The standard InChI is InChI=1S/C58H40N2/c1-2-17-44(18-3-1)48-22-6-11-28-54(48)59(56-30-13-8-24-51(56)50-27-16-20-43-19-4-5-21-47(43)50)46-39-37-42(38-40-46)41-33-35-45(36-34-41)49-23-7-12-29-55(49)60-57-31-14-9-25-52(57)53-26-10-15-32-58(53)60/h1-40H. The molecule has 0 unspecified atom stereocenters. The molecule has 10 aromatic carbocycles. The van der Waals surface area contributed by atoms with Gasteiger partial charge in [0.1, 0.15) is 0 Å². The van der Waals surface area contributed by atoms with Crippen molar-refractivity contribution in [2.24, 2.45) is 0 Å². The molecule has 0 aliphatic rings. The first-order chi connectivity index (χ1) is 29.8. The second-order valence-corrected chi connectivity index (χ2v) is 15.3. The number of anilines is 3. The third kappa shape index (κ3) is 6.14. The van der Waals surface area contributed by atoms with Crippen molar-refractivity contribution < 1.29 is 0 Å². The van der Waals surface area contributed by atoms with Crippen LogP contribution in [0.15, 0.2) is 243 Å². The number of nitrogens with zero attached hydrogens (tertiary/aromatic N) is 2. The Bertz CT molecular complexity index is 3240. The molecule has 0 bridgehead atoms. The summed E-state index contributed by atoms with van der Waals surface area (Å²) in [5, 5.41) is 4.99. The van der Waals surface area contributed by atoms with Gasteiger partial charge in [0.15, 0.2) is 0 Å². The highest BCUT2D eigenvalue weighted by Crippen LogP contribution is 2.46. The Morgan fingerprint density at radius 3 is 1.42 bits per heavy atom. The van der Waals surface area contributed by atoms with E-state index in [-0.39, 0.29) is 0 Å². The number of fused-ring (bicyclic) bond motifs is 4. The summed E-state index contributed by atoms with van der Waals surface area (Å²) >= 11 is 0. The Hall–Kier alpha value is -7.94. The Balaban J connectivity index is 0.998. The zero-order valence-electron chi connectivity index (χ0n) is 33.0. The van der Waals surface area contributed by atoms with E-state index >= 15 is 0 Å². The summed E-state index contributed by atoms with van der Waals surface area (Å²) in [7, 11) is 0. The summed E-state index contributed by atoms with van der Waals surface area (Å²) in [5.74, 6) is 0. The summed E-state index contributed by atoms with van der Waals surface area (Å²) < 4.78 is 2.41. The Morgan fingerprint density at radius 2 is 0.717 bits per heavy atom. The van der Waals surface area contributed by atoms with Crippen molar-refractivity contribution in [3.8, 4) is 50.2 Å². The fraction of sp³-hybridized carbons (Fsp3) is 0. The van der Waals surface area contributed by atoms with Crippen LogP contribution in [0.1, 0.15) is 0 Å². The molecule has 2 heteroatoms. The van der Waals surface area contributed by atoms with E-state index in [2.05, 4.69) is 252 Å². The molecule has 0 atom stereocenters. The number of para-hydroxylation sites is 5. The quantitative estimate of drug-likeness (QED) is 0.150. The van der Waals surface area contributed by atoms with Gasteiger partial charge in [0.25, 0.3) is 0 Å². The van der Waals surface area contributed by atoms with E-state index in [0.717, 1.165) is 17.1 Å². The molecule has 11 aromatic rings. The maximum absolute atomic E-state index is 2.43. The van der Waals surface area contributed by atoms with E-state index in [1.807, 2.05) is 0 Å². The summed E-state index contributed by atoms with van der Waals surface area (Å²) in [4.78, 5) is 2.43. The molecule has 2 nitrogen and oxygen atoms in total. The van der Waals surface area contributed by atoms with Crippen LogP contribution < -0.4 is 4.90 Å². The number of benzene rings is 10. The largest absolute Gasteiger partial charge is 0.309 e. The van der Waals surface area contributed by atoms with Gasteiger partial charge in [-0.05, 0) is 81.1 Å². The zero-order valence-corrected chi connectivity index (χ0v) is 33.0. The maximum Gasteiger partial charge on any atom is 0.0541 e. The van der Waals surface area contributed by atoms with E-state index in [0.29, 0.717) is 0 Å². The minimum absolute atomic E-state index is 1.09. The van der Waals surface area contributed by atoms with Crippen molar-refractivity contribution in [1.29, 1.82) is 0 Å². The number of hydrogen-bond donors (Lipinski definition) is 0. The summed E-state index contributed by atoms with van der Waals surface area (Å²) in [6.45, 7) is 0. The molecule has 60 heavy (non-hydrogen) atoms. The van der Waals surface area contributed by atoms with E-state index in [1.54, 1.807) is 0 Å². The van der Waals surface area contributed by atoms with Gasteiger partial charge in [-0.2, -0.15) is 0 Å². The highest BCUT2D eigenvalue weighted by atomic mass is 15.1. The Morgan fingerprint density at radius 1 is 0.267 bits per heavy atom. The lowest BCUT2D eigenvalue weighted by Crippen LogP contribution is -2.12. The molecular formula is C58H40N2. The molecule has 0 spiro atoms. The predicted octanol–water partition coefficient (Wildman–Crippen LogP) is 16.1. The lowest BCUT2D eigenvalue weighted by atomic mass is 9.95. The smallest absolute Gasteiger partial charge is 0.0541 e. The van der Waals surface area contributed by atoms with E-state index in [4.69, 9.17) is 0 Å². The SMILES string of the molecule is c1ccc(-c2ccccc2N(c2ccc(-c3ccc(-c4ccccc4-n4c5ccccc5c5ccccc54)cc3)cc2)c2ccccc2-c2cccc3ccccc23)cc1. The third-order valence-electron chi connectivity index (χ3n) is 11.8. The molecule has 0 aliphatic carbocycles. The molecule has 0 radical (unpaired) electrons. The molecule has 0 saturated heterocycles. The number of aromatic nitrogens is 1. The second kappa shape index (κ2) is 15.1. The highest BCUT2D eigenvalue weighted by Gasteiger charge is 2.21. The fourth-order valence-corrected chi connectivity index (χ4v) is 9.04. The van der Waals surface area contributed by atoms with Crippen LogP contribution in [0.2, 0.25) is 0 Å². The van der Waals surface area contributed by atoms with Gasteiger partial charge in [-0.1, -0.05) is 200 Å². The van der Waals surface area contributed by atoms with Crippen LogP contribution in [-0.2, 0) is 0 Å². The van der Waals surface area contributed by atoms with E-state index in [9.17, 15) is 0 Å². The van der Waals surface area contributed by atoms with Crippen LogP contribution in [0.5, 0.6) is 0 Å². The van der Waals surface area contributed by atoms with Crippen molar-refractivity contribution in [1.82, 2.24) is 4.57 Å². The van der Waals surface area contributed by atoms with Crippen LogP contribution in [0.25, 0.3) is 82.8 Å². The van der Waals surface area contributed by atoms with Crippen LogP contribution in [0, 0.1) is 0 Å². The van der Waals surface area contributed by atoms with Gasteiger partial charge in [-0.3, -0.25) is 0 Å². The van der Waals surface area contributed by atoms with Crippen molar-refractivity contribution in [3.63, 3.8) is 0 Å². The van der Waals surface area contributed by atoms with E-state index < -0.39 is 0 Å². The molecule has 1 aromatic heterocycles. The minimum atomic E-state index is 1.09. The van der Waals surface area contributed by atoms with Crippen molar-refractivity contribution >= 4 is 49.6 Å². The Labute approximate surface area is 350 Å². The normalized spacial score (nSPS) is 11.3. The van der Waals surface area contributed by atoms with Gasteiger partial charge in [-0.15, -0.1) is 0 Å². The first-order valence-corrected chi connectivity index (χ1v) is 20.6. The predicted molar refractivity (Wildman–Crippen MR) is 255 cm³/mol. The van der Waals surface area contributed by atoms with Gasteiger partial charge in [-0.25, -0.2) is 0 Å². The molecular weight excluding hydrogens is 725 g/mol. The average molecular weight is 765 g/mol. The molecule has 0 aliphatic heterocycles. The molecule has 0 amide bonds. The van der Waals surface area contributed by atoms with Gasteiger partial charge >= 0.3 is 0 Å². The summed E-state index contributed by atoms with van der Waals surface area (Å²) in [6, 6.07) is 87.8. The lowest BCUT2D eigenvalue weighted by Gasteiger charge is -2.30. The first kappa shape index (κ1) is 35.2. The van der Waals surface area contributed by atoms with Crippen LogP contribution >= 0.6 is 0 Å². The van der Waals surface area contributed by atoms with Crippen molar-refractivity contribution in [2.45, 2.75) is 0 Å². The minimum Gasteiger partial charge on any atom is -0.309 e. The van der Waals surface area contributed by atoms with Crippen LogP contribution in [0.3, 0.4) is 0 Å². The average Bonchev–Trinajstić information content (AvgIpc) is 3.67. The summed E-state index contributed by atoms with van der Waals surface area (Å²) in [6.07, 6.45) is 0. The number of hydrogen-bond acceptors (Lipinski definition) is 1. The van der Waals surface area contributed by atoms with Gasteiger partial charge in [0.2, 0.25) is 0 Å². The monoisotopic (exact) mass is 764 g/mol. The lowest BCUT2D eigenvalue weighted by molar-refractivity contribution is 1.18.